The molecular weight excluding hydrogens is 180 g/mol. The maximum Gasteiger partial charge on any atom is 0.244 e. The van der Waals surface area contributed by atoms with Gasteiger partial charge in [-0.1, -0.05) is 0 Å². The lowest BCUT2D eigenvalue weighted by Crippen LogP contribution is -2.47. The molecule has 1 aliphatic rings. The Bertz CT molecular complexity index is 222. The highest BCUT2D eigenvalue weighted by atomic mass is 16.2. The molecular formula is C10H18N2O2. The van der Waals surface area contributed by atoms with Crippen LogP contribution in [0.3, 0.4) is 0 Å². The van der Waals surface area contributed by atoms with E-state index in [9.17, 15) is 9.59 Å². The van der Waals surface area contributed by atoms with Crippen LogP contribution < -0.4 is 5.32 Å². The molecule has 0 aromatic rings. The zero-order valence-electron chi connectivity index (χ0n) is 8.88. The normalized spacial score (nSPS) is 18.9. The van der Waals surface area contributed by atoms with Gasteiger partial charge in [-0.2, -0.15) is 0 Å². The van der Waals surface area contributed by atoms with E-state index in [1.54, 1.807) is 6.92 Å². The van der Waals surface area contributed by atoms with E-state index in [4.69, 9.17) is 0 Å². The molecule has 1 aliphatic heterocycles. The van der Waals surface area contributed by atoms with Crippen molar-refractivity contribution in [1.29, 1.82) is 0 Å². The average molecular weight is 198 g/mol. The van der Waals surface area contributed by atoms with Crippen molar-refractivity contribution in [3.8, 4) is 0 Å². The molecule has 80 valence electrons. The first-order valence-electron chi connectivity index (χ1n) is 5.17. The minimum absolute atomic E-state index is 0.0416. The molecule has 4 heteroatoms. The van der Waals surface area contributed by atoms with E-state index in [0.717, 1.165) is 25.9 Å². The third kappa shape index (κ3) is 3.01. The van der Waals surface area contributed by atoms with E-state index in [2.05, 4.69) is 5.32 Å². The first-order valence-corrected chi connectivity index (χ1v) is 5.17. The first kappa shape index (κ1) is 11.0. The van der Waals surface area contributed by atoms with Crippen LogP contribution in [-0.2, 0) is 9.59 Å². The molecule has 0 aromatic heterocycles. The average Bonchev–Trinajstić information content (AvgIpc) is 2.17. The summed E-state index contributed by atoms with van der Waals surface area (Å²) in [7, 11) is 0. The number of nitrogens with one attached hydrogen (secondary N) is 1. The predicted octanol–water partition coefficient (Wildman–Crippen LogP) is 0.523. The summed E-state index contributed by atoms with van der Waals surface area (Å²) in [6.07, 6.45) is 3.37. The highest BCUT2D eigenvalue weighted by molar-refractivity contribution is 5.86. The largest absolute Gasteiger partial charge is 0.345 e. The summed E-state index contributed by atoms with van der Waals surface area (Å²) in [5, 5.41) is 2.61. The number of nitrogens with zero attached hydrogens (tertiary/aromatic N) is 1. The summed E-state index contributed by atoms with van der Waals surface area (Å²) in [5.41, 5.74) is 0. The van der Waals surface area contributed by atoms with Crippen molar-refractivity contribution in [2.45, 2.75) is 39.2 Å². The SMILES string of the molecule is CC(=O)N[C@@H](C)C(=O)N1CCCCC1. The molecule has 0 aromatic carbocycles. The summed E-state index contributed by atoms with van der Waals surface area (Å²) in [6.45, 7) is 4.84. The van der Waals surface area contributed by atoms with Crippen LogP contribution in [0.4, 0.5) is 0 Å². The van der Waals surface area contributed by atoms with E-state index in [1.807, 2.05) is 4.90 Å². The van der Waals surface area contributed by atoms with E-state index in [1.165, 1.54) is 13.3 Å². The Balaban J connectivity index is 2.42. The van der Waals surface area contributed by atoms with E-state index < -0.39 is 0 Å². The quantitative estimate of drug-likeness (QED) is 0.703. The van der Waals surface area contributed by atoms with Crippen molar-refractivity contribution < 1.29 is 9.59 Å². The summed E-state index contributed by atoms with van der Waals surface area (Å²) in [6, 6.07) is -0.384. The number of rotatable bonds is 2. The lowest BCUT2D eigenvalue weighted by atomic mass is 10.1. The number of piperidine rings is 1. The molecule has 4 nitrogen and oxygen atoms in total. The van der Waals surface area contributed by atoms with Gasteiger partial charge in [0.25, 0.3) is 0 Å². The van der Waals surface area contributed by atoms with Gasteiger partial charge in [-0.3, -0.25) is 9.59 Å². The smallest absolute Gasteiger partial charge is 0.244 e. The third-order valence-electron chi connectivity index (χ3n) is 2.46. The zero-order chi connectivity index (χ0) is 10.6. The molecule has 1 fully saturated rings. The van der Waals surface area contributed by atoms with Gasteiger partial charge < -0.3 is 10.2 Å². The van der Waals surface area contributed by atoms with Gasteiger partial charge in [-0.25, -0.2) is 0 Å². The maximum absolute atomic E-state index is 11.7. The molecule has 0 spiro atoms. The van der Waals surface area contributed by atoms with Crippen LogP contribution in [0.1, 0.15) is 33.1 Å². The van der Waals surface area contributed by atoms with Crippen LogP contribution >= 0.6 is 0 Å². The molecule has 1 N–H and O–H groups in total. The van der Waals surface area contributed by atoms with Gasteiger partial charge >= 0.3 is 0 Å². The van der Waals surface area contributed by atoms with Gasteiger partial charge in [0.1, 0.15) is 6.04 Å². The Morgan fingerprint density at radius 1 is 1.21 bits per heavy atom. The topological polar surface area (TPSA) is 49.4 Å². The highest BCUT2D eigenvalue weighted by Gasteiger charge is 2.22. The molecule has 1 atom stereocenters. The molecule has 1 saturated heterocycles. The van der Waals surface area contributed by atoms with Gasteiger partial charge in [0.15, 0.2) is 0 Å². The Kier molecular flexibility index (Phi) is 3.92. The van der Waals surface area contributed by atoms with Crippen LogP contribution in [0, 0.1) is 0 Å². The Labute approximate surface area is 84.7 Å². The van der Waals surface area contributed by atoms with Gasteiger partial charge in [0, 0.05) is 20.0 Å². The monoisotopic (exact) mass is 198 g/mol. The molecule has 2 amide bonds. The molecule has 0 aliphatic carbocycles. The summed E-state index contributed by atoms with van der Waals surface area (Å²) < 4.78 is 0. The number of carbonyl (C=O) groups excluding carboxylic acids is 2. The molecule has 0 radical (unpaired) electrons. The van der Waals surface area contributed by atoms with Crippen LogP contribution in [0.15, 0.2) is 0 Å². The zero-order valence-corrected chi connectivity index (χ0v) is 8.88. The second kappa shape index (κ2) is 4.98. The van der Waals surface area contributed by atoms with Crippen molar-refractivity contribution >= 4 is 11.8 Å². The van der Waals surface area contributed by atoms with E-state index >= 15 is 0 Å². The van der Waals surface area contributed by atoms with Crippen molar-refractivity contribution in [2.24, 2.45) is 0 Å². The summed E-state index contributed by atoms with van der Waals surface area (Å²) in [5.74, 6) is -0.109. The minimum Gasteiger partial charge on any atom is -0.345 e. The fourth-order valence-corrected chi connectivity index (χ4v) is 1.75. The summed E-state index contributed by atoms with van der Waals surface area (Å²) in [4.78, 5) is 24.3. The van der Waals surface area contributed by atoms with Gasteiger partial charge in [0.05, 0.1) is 0 Å². The maximum atomic E-state index is 11.7. The Hall–Kier alpha value is -1.06. The van der Waals surface area contributed by atoms with Crippen LogP contribution in [0.25, 0.3) is 0 Å². The first-order chi connectivity index (χ1) is 6.61. The lowest BCUT2D eigenvalue weighted by molar-refractivity contribution is -0.136. The number of carbonyl (C=O) groups is 2. The molecule has 1 rings (SSSR count). The van der Waals surface area contributed by atoms with Crippen LogP contribution in [-0.4, -0.2) is 35.8 Å². The van der Waals surface area contributed by atoms with Crippen molar-refractivity contribution in [1.82, 2.24) is 10.2 Å². The fraction of sp³-hybridized carbons (Fsp3) is 0.800. The highest BCUT2D eigenvalue weighted by Crippen LogP contribution is 2.09. The Morgan fingerprint density at radius 3 is 2.29 bits per heavy atom. The second-order valence-electron chi connectivity index (χ2n) is 3.81. The third-order valence-corrected chi connectivity index (χ3v) is 2.46. The van der Waals surface area contributed by atoms with Gasteiger partial charge in [0.2, 0.25) is 11.8 Å². The fourth-order valence-electron chi connectivity index (χ4n) is 1.75. The molecule has 14 heavy (non-hydrogen) atoms. The number of amides is 2. The number of hydrogen-bond acceptors (Lipinski definition) is 2. The number of hydrogen-bond donors (Lipinski definition) is 1. The molecule has 1 heterocycles. The molecule has 0 saturated carbocycles. The van der Waals surface area contributed by atoms with E-state index in [0.29, 0.717) is 0 Å². The van der Waals surface area contributed by atoms with Crippen LogP contribution in [0.2, 0.25) is 0 Å². The van der Waals surface area contributed by atoms with Crippen molar-refractivity contribution in [3.63, 3.8) is 0 Å². The molecule has 0 unspecified atom stereocenters. The van der Waals surface area contributed by atoms with E-state index in [-0.39, 0.29) is 17.9 Å². The summed E-state index contributed by atoms with van der Waals surface area (Å²) >= 11 is 0. The van der Waals surface area contributed by atoms with Gasteiger partial charge in [-0.05, 0) is 26.2 Å². The standard InChI is InChI=1S/C10H18N2O2/c1-8(11-9(2)13)10(14)12-6-4-3-5-7-12/h8H,3-7H2,1-2H3,(H,11,13)/t8-/m0/s1. The Morgan fingerprint density at radius 2 is 1.79 bits per heavy atom. The van der Waals surface area contributed by atoms with Crippen LogP contribution in [0.5, 0.6) is 0 Å². The van der Waals surface area contributed by atoms with Crippen molar-refractivity contribution in [2.75, 3.05) is 13.1 Å². The molecule has 0 bridgehead atoms. The lowest BCUT2D eigenvalue weighted by Gasteiger charge is -2.29. The van der Waals surface area contributed by atoms with Crippen molar-refractivity contribution in [3.05, 3.63) is 0 Å². The minimum atomic E-state index is -0.384. The number of likely N-dealkylation sites (tertiary alicyclic amines) is 1. The second-order valence-corrected chi connectivity index (χ2v) is 3.81. The van der Waals surface area contributed by atoms with Gasteiger partial charge in [-0.15, -0.1) is 0 Å². The predicted molar refractivity (Wildman–Crippen MR) is 53.7 cm³/mol.